The van der Waals surface area contributed by atoms with Crippen molar-refractivity contribution in [2.75, 3.05) is 26.5 Å². The number of methoxy groups -OCH3 is 1. The van der Waals surface area contributed by atoms with Gasteiger partial charge < -0.3 is 15.2 Å². The van der Waals surface area contributed by atoms with Crippen LogP contribution < -0.4 is 10.1 Å². The minimum atomic E-state index is -3.60. The number of carboxylic acid groups (broad SMARTS) is 1. The number of halogens is 1. The molecule has 2 aromatic rings. The molecule has 0 aromatic heterocycles. The highest BCUT2D eigenvalue weighted by molar-refractivity contribution is 7.89. The normalized spacial score (nSPS) is 11.3. The molecule has 0 aliphatic rings. The molecule has 0 saturated heterocycles. The van der Waals surface area contributed by atoms with Gasteiger partial charge in [-0.25, -0.2) is 17.5 Å². The van der Waals surface area contributed by atoms with Crippen molar-refractivity contribution >= 4 is 39.2 Å². The number of amides is 1. The molecule has 27 heavy (non-hydrogen) atoms. The number of hydrogen-bond donors (Lipinski definition) is 2. The van der Waals surface area contributed by atoms with E-state index in [0.717, 1.165) is 4.31 Å². The second-order valence-electron chi connectivity index (χ2n) is 5.60. The summed E-state index contributed by atoms with van der Waals surface area (Å²) < 4.78 is 30.2. The third-order valence-electron chi connectivity index (χ3n) is 3.66. The Morgan fingerprint density at radius 3 is 2.22 bits per heavy atom. The van der Waals surface area contributed by atoms with Crippen LogP contribution in [0, 0.1) is 0 Å². The van der Waals surface area contributed by atoms with Crippen LogP contribution in [0.4, 0.5) is 5.69 Å². The summed E-state index contributed by atoms with van der Waals surface area (Å²) in [6, 6.07) is 7.84. The zero-order valence-electron chi connectivity index (χ0n) is 14.7. The molecule has 0 unspecified atom stereocenters. The largest absolute Gasteiger partial charge is 0.496 e. The van der Waals surface area contributed by atoms with Gasteiger partial charge in [0.15, 0.2) is 0 Å². The van der Waals surface area contributed by atoms with Crippen LogP contribution >= 0.6 is 11.6 Å². The SMILES string of the molecule is COc1cc(NC(=O)c2ccc(S(=O)(=O)N(C)C)cc2)c(Cl)cc1C(=O)O. The van der Waals surface area contributed by atoms with Crippen molar-refractivity contribution in [2.45, 2.75) is 4.90 Å². The highest BCUT2D eigenvalue weighted by Crippen LogP contribution is 2.31. The van der Waals surface area contributed by atoms with Gasteiger partial charge >= 0.3 is 5.97 Å². The van der Waals surface area contributed by atoms with Gasteiger partial charge in [-0.2, -0.15) is 0 Å². The third-order valence-corrected chi connectivity index (χ3v) is 5.80. The molecule has 2 N–H and O–H groups in total. The monoisotopic (exact) mass is 412 g/mol. The van der Waals surface area contributed by atoms with Crippen molar-refractivity contribution < 1.29 is 27.9 Å². The van der Waals surface area contributed by atoms with Crippen molar-refractivity contribution in [3.8, 4) is 5.75 Å². The second-order valence-corrected chi connectivity index (χ2v) is 8.16. The van der Waals surface area contributed by atoms with Gasteiger partial charge in [-0.3, -0.25) is 4.79 Å². The molecule has 0 saturated carbocycles. The first-order valence-electron chi connectivity index (χ1n) is 7.52. The van der Waals surface area contributed by atoms with Crippen LogP contribution in [0.5, 0.6) is 5.75 Å². The summed E-state index contributed by atoms with van der Waals surface area (Å²) in [7, 11) is 0.516. The highest BCUT2D eigenvalue weighted by Gasteiger charge is 2.19. The number of carbonyl (C=O) groups excluding carboxylic acids is 1. The third kappa shape index (κ3) is 4.38. The number of ether oxygens (including phenoxy) is 1. The molecule has 0 spiro atoms. The standard InChI is InChI=1S/C17H17ClN2O6S/c1-20(2)27(24,25)11-6-4-10(5-7-11)16(21)19-14-9-15(26-3)12(17(22)23)8-13(14)18/h4-9H,1-3H3,(H,19,21)(H,22,23). The van der Waals surface area contributed by atoms with E-state index in [1.165, 1.54) is 57.6 Å². The smallest absolute Gasteiger partial charge is 0.339 e. The molecule has 0 radical (unpaired) electrons. The molecule has 0 fully saturated rings. The Labute approximate surface area is 161 Å². The fourth-order valence-corrected chi connectivity index (χ4v) is 3.28. The predicted molar refractivity (Wildman–Crippen MR) is 100 cm³/mol. The molecular formula is C17H17ClN2O6S. The number of benzene rings is 2. The number of nitrogens with zero attached hydrogens (tertiary/aromatic N) is 1. The van der Waals surface area contributed by atoms with Gasteiger partial charge in [-0.15, -0.1) is 0 Å². The summed E-state index contributed by atoms with van der Waals surface area (Å²) >= 11 is 6.04. The number of carboxylic acids is 1. The number of anilines is 1. The van der Waals surface area contributed by atoms with Gasteiger partial charge in [0, 0.05) is 25.7 Å². The molecule has 10 heteroatoms. The quantitative estimate of drug-likeness (QED) is 0.753. The Bertz CT molecular complexity index is 987. The summed E-state index contributed by atoms with van der Waals surface area (Å²) in [5.74, 6) is -1.73. The van der Waals surface area contributed by atoms with Gasteiger partial charge in [0.25, 0.3) is 5.91 Å². The van der Waals surface area contributed by atoms with Crippen LogP contribution in [0.25, 0.3) is 0 Å². The van der Waals surface area contributed by atoms with Crippen LogP contribution in [0.1, 0.15) is 20.7 Å². The molecule has 1 amide bonds. The van der Waals surface area contributed by atoms with Crippen LogP contribution in [0.2, 0.25) is 5.02 Å². The van der Waals surface area contributed by atoms with Crippen LogP contribution in [0.15, 0.2) is 41.3 Å². The first-order chi connectivity index (χ1) is 12.6. The first kappa shape index (κ1) is 20.7. The lowest BCUT2D eigenvalue weighted by molar-refractivity contribution is 0.0693. The average Bonchev–Trinajstić information content (AvgIpc) is 2.62. The Morgan fingerprint density at radius 1 is 1.15 bits per heavy atom. The Kier molecular flexibility index (Phi) is 6.09. The molecule has 2 aromatic carbocycles. The van der Waals surface area contributed by atoms with E-state index >= 15 is 0 Å². The molecular weight excluding hydrogens is 396 g/mol. The zero-order chi connectivity index (χ0) is 20.4. The van der Waals surface area contributed by atoms with Crippen LogP contribution in [0.3, 0.4) is 0 Å². The van der Waals surface area contributed by atoms with E-state index in [4.69, 9.17) is 21.4 Å². The minimum absolute atomic E-state index is 0.0216. The molecule has 2 rings (SSSR count). The number of hydrogen-bond acceptors (Lipinski definition) is 5. The maximum absolute atomic E-state index is 12.4. The molecule has 0 aliphatic heterocycles. The number of aromatic carboxylic acids is 1. The van der Waals surface area contributed by atoms with E-state index in [1.807, 2.05) is 0 Å². The summed E-state index contributed by atoms with van der Waals surface area (Å²) in [4.78, 5) is 23.6. The summed E-state index contributed by atoms with van der Waals surface area (Å²) in [5.41, 5.74) is 0.220. The van der Waals surface area contributed by atoms with Crippen molar-refractivity contribution in [3.63, 3.8) is 0 Å². The second kappa shape index (κ2) is 7.95. The molecule has 0 heterocycles. The Hall–Kier alpha value is -2.62. The summed E-state index contributed by atoms with van der Waals surface area (Å²) in [6.45, 7) is 0. The van der Waals surface area contributed by atoms with Crippen molar-refractivity contribution in [1.82, 2.24) is 4.31 Å². The van der Waals surface area contributed by atoms with Gasteiger partial charge in [0.2, 0.25) is 10.0 Å². The Balaban J connectivity index is 2.29. The van der Waals surface area contributed by atoms with Gasteiger partial charge in [-0.05, 0) is 30.3 Å². The van der Waals surface area contributed by atoms with Crippen molar-refractivity contribution in [1.29, 1.82) is 0 Å². The number of carbonyl (C=O) groups is 2. The molecule has 8 nitrogen and oxygen atoms in total. The first-order valence-corrected chi connectivity index (χ1v) is 9.34. The van der Waals surface area contributed by atoms with Crippen molar-refractivity contribution in [2.24, 2.45) is 0 Å². The predicted octanol–water partition coefficient (Wildman–Crippen LogP) is 2.55. The maximum atomic E-state index is 12.4. The zero-order valence-corrected chi connectivity index (χ0v) is 16.3. The van der Waals surface area contributed by atoms with E-state index in [0.29, 0.717) is 0 Å². The summed E-state index contributed by atoms with van der Waals surface area (Å²) in [5, 5.41) is 11.7. The van der Waals surface area contributed by atoms with Gasteiger partial charge in [-0.1, -0.05) is 11.6 Å². The molecule has 0 aliphatic carbocycles. The van der Waals surface area contributed by atoms with E-state index in [-0.39, 0.29) is 32.5 Å². The van der Waals surface area contributed by atoms with Gasteiger partial charge in [0.05, 0.1) is 22.7 Å². The lowest BCUT2D eigenvalue weighted by Crippen LogP contribution is -2.22. The molecule has 0 bridgehead atoms. The molecule has 144 valence electrons. The number of rotatable bonds is 6. The fourth-order valence-electron chi connectivity index (χ4n) is 2.17. The maximum Gasteiger partial charge on any atom is 0.339 e. The van der Waals surface area contributed by atoms with E-state index in [1.54, 1.807) is 0 Å². The lowest BCUT2D eigenvalue weighted by Gasteiger charge is -2.13. The van der Waals surface area contributed by atoms with Crippen molar-refractivity contribution in [3.05, 3.63) is 52.5 Å². The lowest BCUT2D eigenvalue weighted by atomic mass is 10.1. The molecule has 0 atom stereocenters. The number of sulfonamides is 1. The van der Waals surface area contributed by atoms with E-state index in [9.17, 15) is 18.0 Å². The average molecular weight is 413 g/mol. The highest BCUT2D eigenvalue weighted by atomic mass is 35.5. The van der Waals surface area contributed by atoms with Gasteiger partial charge in [0.1, 0.15) is 11.3 Å². The van der Waals surface area contributed by atoms with E-state index < -0.39 is 21.9 Å². The van der Waals surface area contributed by atoms with Crippen LogP contribution in [-0.2, 0) is 10.0 Å². The van der Waals surface area contributed by atoms with E-state index in [2.05, 4.69) is 5.32 Å². The Morgan fingerprint density at radius 2 is 1.74 bits per heavy atom. The fraction of sp³-hybridized carbons (Fsp3) is 0.176. The minimum Gasteiger partial charge on any atom is -0.496 e. The summed E-state index contributed by atoms with van der Waals surface area (Å²) in [6.07, 6.45) is 0. The number of nitrogens with one attached hydrogen (secondary N) is 1. The topological polar surface area (TPSA) is 113 Å². The van der Waals surface area contributed by atoms with Crippen LogP contribution in [-0.4, -0.2) is 50.9 Å².